The molecule has 2 rings (SSSR count). The first-order valence-electron chi connectivity index (χ1n) is 7.75. The van der Waals surface area contributed by atoms with Crippen LogP contribution in [0.15, 0.2) is 0 Å². The number of hydrogen-bond acceptors (Lipinski definition) is 3. The largest absolute Gasteiger partial charge is 0.314 e. The van der Waals surface area contributed by atoms with Gasteiger partial charge in [-0.15, -0.1) is 0 Å². The summed E-state index contributed by atoms with van der Waals surface area (Å²) < 4.78 is 23.7. The number of rotatable bonds is 6. The predicted octanol–water partition coefficient (Wildman–Crippen LogP) is 2.76. The summed E-state index contributed by atoms with van der Waals surface area (Å²) in [5.41, 5.74) is 0. The molecule has 0 spiro atoms. The van der Waals surface area contributed by atoms with Crippen LogP contribution in [0.5, 0.6) is 0 Å². The molecule has 0 heterocycles. The lowest BCUT2D eigenvalue weighted by Gasteiger charge is -2.23. The molecule has 0 aromatic heterocycles. The number of sulfone groups is 1. The summed E-state index contributed by atoms with van der Waals surface area (Å²) in [5, 5.41) is 3.61. The topological polar surface area (TPSA) is 46.2 Å². The molecule has 4 heteroatoms. The minimum absolute atomic E-state index is 0.362. The Kier molecular flexibility index (Phi) is 4.61. The molecule has 0 aromatic carbocycles. The van der Waals surface area contributed by atoms with Gasteiger partial charge in [-0.05, 0) is 64.8 Å². The van der Waals surface area contributed by atoms with Gasteiger partial charge in [-0.2, -0.15) is 0 Å². The van der Waals surface area contributed by atoms with Gasteiger partial charge in [0.2, 0.25) is 0 Å². The van der Waals surface area contributed by atoms with Crippen molar-refractivity contribution in [3.8, 4) is 0 Å². The smallest absolute Gasteiger partial charge is 0.155 e. The minimum atomic E-state index is -2.95. The van der Waals surface area contributed by atoms with Gasteiger partial charge in [-0.25, -0.2) is 8.42 Å². The minimum Gasteiger partial charge on any atom is -0.314 e. The Hall–Kier alpha value is -0.0900. The van der Waals surface area contributed by atoms with Gasteiger partial charge >= 0.3 is 0 Å². The van der Waals surface area contributed by atoms with E-state index in [0.717, 1.165) is 19.0 Å². The van der Waals surface area contributed by atoms with E-state index >= 15 is 0 Å². The Balaban J connectivity index is 1.80. The Morgan fingerprint density at radius 2 is 1.68 bits per heavy atom. The highest BCUT2D eigenvalue weighted by molar-refractivity contribution is 7.92. The van der Waals surface area contributed by atoms with E-state index in [9.17, 15) is 8.42 Å². The Labute approximate surface area is 118 Å². The molecule has 0 radical (unpaired) electrons. The molecule has 2 aliphatic carbocycles. The zero-order chi connectivity index (χ0) is 14.1. The van der Waals surface area contributed by atoms with Crippen LogP contribution in [0, 0.1) is 11.8 Å². The molecule has 0 aromatic rings. The summed E-state index contributed by atoms with van der Waals surface area (Å²) in [6.45, 7) is 6.53. The van der Waals surface area contributed by atoms with Crippen molar-refractivity contribution in [2.24, 2.45) is 11.8 Å². The molecular weight excluding hydrogens is 258 g/mol. The highest BCUT2D eigenvalue weighted by atomic mass is 32.2. The SMILES string of the molecule is CC(C)(C)S(=O)(=O)CCC1CCCC1CNC1CC1. The van der Waals surface area contributed by atoms with Crippen molar-refractivity contribution in [3.63, 3.8) is 0 Å². The molecule has 19 heavy (non-hydrogen) atoms. The lowest BCUT2D eigenvalue weighted by molar-refractivity contribution is 0.356. The molecule has 1 N–H and O–H groups in total. The van der Waals surface area contributed by atoms with Crippen LogP contribution in [0.4, 0.5) is 0 Å². The third-order valence-corrected chi connectivity index (χ3v) is 7.39. The van der Waals surface area contributed by atoms with Crippen LogP contribution in [-0.4, -0.2) is 31.5 Å². The fraction of sp³-hybridized carbons (Fsp3) is 1.00. The standard InChI is InChI=1S/C15H29NO2S/c1-15(2,3)19(17,18)10-9-12-5-4-6-13(12)11-16-14-7-8-14/h12-14,16H,4-11H2,1-3H3. The van der Waals surface area contributed by atoms with Gasteiger partial charge in [0.25, 0.3) is 0 Å². The van der Waals surface area contributed by atoms with Crippen LogP contribution in [0.1, 0.15) is 59.3 Å². The molecule has 0 bridgehead atoms. The van der Waals surface area contributed by atoms with Crippen molar-refractivity contribution in [2.75, 3.05) is 12.3 Å². The highest BCUT2D eigenvalue weighted by Crippen LogP contribution is 2.35. The second-order valence-electron chi connectivity index (χ2n) is 7.35. The van der Waals surface area contributed by atoms with E-state index in [1.165, 1.54) is 32.1 Å². The van der Waals surface area contributed by atoms with Crippen LogP contribution in [0.25, 0.3) is 0 Å². The van der Waals surface area contributed by atoms with Crippen molar-refractivity contribution < 1.29 is 8.42 Å². The molecule has 2 unspecified atom stereocenters. The van der Waals surface area contributed by atoms with Gasteiger partial charge in [-0.3, -0.25) is 0 Å². The van der Waals surface area contributed by atoms with Crippen LogP contribution in [-0.2, 0) is 9.84 Å². The van der Waals surface area contributed by atoms with Crippen molar-refractivity contribution in [1.29, 1.82) is 0 Å². The Morgan fingerprint density at radius 1 is 1.05 bits per heavy atom. The highest BCUT2D eigenvalue weighted by Gasteiger charge is 2.33. The normalized spacial score (nSPS) is 28.8. The lowest BCUT2D eigenvalue weighted by Crippen LogP contribution is -2.32. The van der Waals surface area contributed by atoms with Gasteiger partial charge in [0.05, 0.1) is 10.5 Å². The summed E-state index contributed by atoms with van der Waals surface area (Å²) in [6.07, 6.45) is 7.29. The average molecular weight is 287 g/mol. The maximum Gasteiger partial charge on any atom is 0.155 e. The van der Waals surface area contributed by atoms with Crippen LogP contribution >= 0.6 is 0 Å². The zero-order valence-electron chi connectivity index (χ0n) is 12.6. The summed E-state index contributed by atoms with van der Waals surface area (Å²) in [7, 11) is -2.95. The average Bonchev–Trinajstić information content (AvgIpc) is 3.01. The van der Waals surface area contributed by atoms with Gasteiger partial charge in [0.1, 0.15) is 0 Å². The maximum atomic E-state index is 12.2. The van der Waals surface area contributed by atoms with Gasteiger partial charge < -0.3 is 5.32 Å². The molecule has 0 saturated heterocycles. The molecule has 0 amide bonds. The summed E-state index contributed by atoms with van der Waals surface area (Å²) in [4.78, 5) is 0. The van der Waals surface area contributed by atoms with Crippen molar-refractivity contribution in [2.45, 2.75) is 70.1 Å². The van der Waals surface area contributed by atoms with Crippen LogP contribution in [0.2, 0.25) is 0 Å². The van der Waals surface area contributed by atoms with E-state index < -0.39 is 14.6 Å². The van der Waals surface area contributed by atoms with E-state index in [1.807, 2.05) is 20.8 Å². The maximum absolute atomic E-state index is 12.2. The Bertz CT molecular complexity index is 393. The first-order valence-corrected chi connectivity index (χ1v) is 9.40. The van der Waals surface area contributed by atoms with Gasteiger partial charge in [0.15, 0.2) is 9.84 Å². The quantitative estimate of drug-likeness (QED) is 0.817. The zero-order valence-corrected chi connectivity index (χ0v) is 13.4. The summed E-state index contributed by atoms with van der Waals surface area (Å²) >= 11 is 0. The van der Waals surface area contributed by atoms with Gasteiger partial charge in [0, 0.05) is 6.04 Å². The molecule has 2 atom stereocenters. The third kappa shape index (κ3) is 4.19. The van der Waals surface area contributed by atoms with E-state index in [0.29, 0.717) is 17.6 Å². The fourth-order valence-corrected chi connectivity index (χ4v) is 4.21. The van der Waals surface area contributed by atoms with E-state index in [1.54, 1.807) is 0 Å². The van der Waals surface area contributed by atoms with Crippen LogP contribution in [0.3, 0.4) is 0 Å². The van der Waals surface area contributed by atoms with Gasteiger partial charge in [-0.1, -0.05) is 12.8 Å². The number of nitrogens with one attached hydrogen (secondary N) is 1. The van der Waals surface area contributed by atoms with Crippen molar-refractivity contribution in [3.05, 3.63) is 0 Å². The Morgan fingerprint density at radius 3 is 2.26 bits per heavy atom. The molecule has 2 saturated carbocycles. The molecule has 112 valence electrons. The second-order valence-corrected chi connectivity index (χ2v) is 10.2. The molecule has 2 fully saturated rings. The van der Waals surface area contributed by atoms with E-state index in [2.05, 4.69) is 5.32 Å². The first kappa shape index (κ1) is 15.3. The van der Waals surface area contributed by atoms with Crippen LogP contribution < -0.4 is 5.32 Å². The van der Waals surface area contributed by atoms with E-state index in [4.69, 9.17) is 0 Å². The third-order valence-electron chi connectivity index (χ3n) is 4.75. The second kappa shape index (κ2) is 5.72. The predicted molar refractivity (Wildman–Crippen MR) is 80.0 cm³/mol. The lowest BCUT2D eigenvalue weighted by atomic mass is 9.93. The van der Waals surface area contributed by atoms with Crippen molar-refractivity contribution in [1.82, 2.24) is 5.32 Å². The molecule has 3 nitrogen and oxygen atoms in total. The molecule has 0 aliphatic heterocycles. The fourth-order valence-electron chi connectivity index (χ4n) is 2.98. The molecule has 2 aliphatic rings. The summed E-state index contributed by atoms with van der Waals surface area (Å²) in [6, 6.07) is 0.763. The van der Waals surface area contributed by atoms with Crippen molar-refractivity contribution >= 4 is 9.84 Å². The molecular formula is C15H29NO2S. The first-order chi connectivity index (χ1) is 8.79. The van der Waals surface area contributed by atoms with E-state index in [-0.39, 0.29) is 0 Å². The summed E-state index contributed by atoms with van der Waals surface area (Å²) in [5.74, 6) is 1.68. The number of hydrogen-bond donors (Lipinski definition) is 1. The monoisotopic (exact) mass is 287 g/mol.